The third kappa shape index (κ3) is 4.71. The van der Waals surface area contributed by atoms with E-state index in [0.29, 0.717) is 5.56 Å². The van der Waals surface area contributed by atoms with Crippen LogP contribution in [0, 0.1) is 11.8 Å². The molecule has 0 spiro atoms. The maximum Gasteiger partial charge on any atom is 0.416 e. The van der Waals surface area contributed by atoms with Crippen LogP contribution in [0.1, 0.15) is 27.0 Å². The lowest BCUT2D eigenvalue weighted by atomic mass is 10.1. The lowest BCUT2D eigenvalue weighted by Crippen LogP contribution is -2.13. The van der Waals surface area contributed by atoms with E-state index in [1.54, 1.807) is 12.1 Å². The Morgan fingerprint density at radius 1 is 0.857 bits per heavy atom. The minimum atomic E-state index is -4.47. The minimum absolute atomic E-state index is 0.155. The molecule has 28 heavy (non-hydrogen) atoms. The molecule has 0 aliphatic carbocycles. The van der Waals surface area contributed by atoms with E-state index in [-0.39, 0.29) is 16.9 Å². The fourth-order valence-corrected chi connectivity index (χ4v) is 2.53. The van der Waals surface area contributed by atoms with E-state index in [1.165, 1.54) is 18.2 Å². The number of hydrogen-bond donors (Lipinski definition) is 2. The largest absolute Gasteiger partial charge is 0.416 e. The van der Waals surface area contributed by atoms with Gasteiger partial charge in [-0.25, -0.2) is 0 Å². The Labute approximate surface area is 160 Å². The molecule has 0 bridgehead atoms. The molecule has 0 unspecified atom stereocenters. The van der Waals surface area contributed by atoms with Crippen LogP contribution in [0.25, 0.3) is 0 Å². The topological polar surface area (TPSA) is 55.1 Å². The molecule has 3 nitrogen and oxygen atoms in total. The molecule has 0 heterocycles. The molecule has 0 aliphatic heterocycles. The molecule has 1 amide bonds. The Hall–Kier alpha value is -3.72. The Morgan fingerprint density at radius 3 is 2.25 bits per heavy atom. The SMILES string of the molecule is NC(=O)c1ccc(C#Cc2ccccc2)cc1Nc1cccc(C(F)(F)F)c1. The first-order valence-electron chi connectivity index (χ1n) is 8.28. The number of nitrogens with two attached hydrogens (primary N) is 1. The maximum absolute atomic E-state index is 12.9. The number of rotatable bonds is 3. The summed E-state index contributed by atoms with van der Waals surface area (Å²) in [7, 11) is 0. The van der Waals surface area contributed by atoms with Crippen LogP contribution in [0.2, 0.25) is 0 Å². The first-order chi connectivity index (χ1) is 13.3. The maximum atomic E-state index is 12.9. The molecule has 3 aromatic carbocycles. The van der Waals surface area contributed by atoms with E-state index < -0.39 is 17.6 Å². The number of anilines is 2. The van der Waals surface area contributed by atoms with Crippen molar-refractivity contribution in [2.24, 2.45) is 5.73 Å². The van der Waals surface area contributed by atoms with Crippen LogP contribution in [0.3, 0.4) is 0 Å². The van der Waals surface area contributed by atoms with Gasteiger partial charge in [-0.05, 0) is 48.5 Å². The van der Waals surface area contributed by atoms with Gasteiger partial charge in [0, 0.05) is 16.8 Å². The van der Waals surface area contributed by atoms with Crippen molar-refractivity contribution in [1.29, 1.82) is 0 Å². The van der Waals surface area contributed by atoms with Crippen LogP contribution in [-0.4, -0.2) is 5.91 Å². The second kappa shape index (κ2) is 7.89. The van der Waals surface area contributed by atoms with E-state index in [4.69, 9.17) is 5.73 Å². The summed E-state index contributed by atoms with van der Waals surface area (Å²) in [6.07, 6.45) is -4.47. The quantitative estimate of drug-likeness (QED) is 0.632. The molecule has 3 rings (SSSR count). The summed E-state index contributed by atoms with van der Waals surface area (Å²) in [5.41, 5.74) is 6.62. The number of hydrogen-bond acceptors (Lipinski definition) is 2. The Morgan fingerprint density at radius 2 is 1.57 bits per heavy atom. The van der Waals surface area contributed by atoms with Crippen LogP contribution < -0.4 is 11.1 Å². The fourth-order valence-electron chi connectivity index (χ4n) is 2.53. The fraction of sp³-hybridized carbons (Fsp3) is 0.0455. The molecule has 0 atom stereocenters. The third-order valence-electron chi connectivity index (χ3n) is 3.88. The normalized spacial score (nSPS) is 10.7. The zero-order valence-corrected chi connectivity index (χ0v) is 14.5. The average Bonchev–Trinajstić information content (AvgIpc) is 2.67. The van der Waals surface area contributed by atoms with E-state index in [9.17, 15) is 18.0 Å². The highest BCUT2D eigenvalue weighted by molar-refractivity contribution is 5.99. The Bertz CT molecular complexity index is 1060. The van der Waals surface area contributed by atoms with Crippen LogP contribution in [0.5, 0.6) is 0 Å². The number of carbonyl (C=O) groups is 1. The van der Waals surface area contributed by atoms with Gasteiger partial charge in [-0.1, -0.05) is 36.1 Å². The summed E-state index contributed by atoms with van der Waals surface area (Å²) in [5, 5.41) is 2.84. The van der Waals surface area contributed by atoms with Crippen molar-refractivity contribution in [3.63, 3.8) is 0 Å². The minimum Gasteiger partial charge on any atom is -0.366 e. The zero-order chi connectivity index (χ0) is 20.1. The third-order valence-corrected chi connectivity index (χ3v) is 3.88. The van der Waals surface area contributed by atoms with Crippen molar-refractivity contribution in [3.05, 3.63) is 95.1 Å². The van der Waals surface area contributed by atoms with E-state index in [1.807, 2.05) is 30.3 Å². The second-order valence-corrected chi connectivity index (χ2v) is 5.94. The molecule has 3 N–H and O–H groups in total. The smallest absolute Gasteiger partial charge is 0.366 e. The molecule has 3 aromatic rings. The summed E-state index contributed by atoms with van der Waals surface area (Å²) >= 11 is 0. The van der Waals surface area contributed by atoms with Gasteiger partial charge >= 0.3 is 6.18 Å². The Balaban J connectivity index is 1.95. The highest BCUT2D eigenvalue weighted by Gasteiger charge is 2.30. The molecule has 140 valence electrons. The molecule has 0 aromatic heterocycles. The van der Waals surface area contributed by atoms with Crippen LogP contribution in [0.4, 0.5) is 24.5 Å². The summed E-state index contributed by atoms with van der Waals surface area (Å²) in [6.45, 7) is 0. The molecular formula is C22H15F3N2O. The van der Waals surface area contributed by atoms with Gasteiger partial charge < -0.3 is 11.1 Å². The number of primary amides is 1. The van der Waals surface area contributed by atoms with Crippen molar-refractivity contribution in [3.8, 4) is 11.8 Å². The van der Waals surface area contributed by atoms with Gasteiger partial charge in [0.2, 0.25) is 0 Å². The number of amides is 1. The van der Waals surface area contributed by atoms with Gasteiger partial charge in [-0.2, -0.15) is 13.2 Å². The number of benzene rings is 3. The van der Waals surface area contributed by atoms with Gasteiger partial charge in [0.15, 0.2) is 0 Å². The molecule has 0 saturated heterocycles. The van der Waals surface area contributed by atoms with Crippen LogP contribution >= 0.6 is 0 Å². The van der Waals surface area contributed by atoms with Crippen molar-refractivity contribution in [2.45, 2.75) is 6.18 Å². The predicted octanol–water partition coefficient (Wildman–Crippen LogP) is 4.95. The van der Waals surface area contributed by atoms with Gasteiger partial charge in [-0.3, -0.25) is 4.79 Å². The number of halogens is 3. The van der Waals surface area contributed by atoms with Gasteiger partial charge in [0.25, 0.3) is 5.91 Å². The van der Waals surface area contributed by atoms with Crippen LogP contribution in [0.15, 0.2) is 72.8 Å². The lowest BCUT2D eigenvalue weighted by Gasteiger charge is -2.13. The van der Waals surface area contributed by atoms with Crippen molar-refractivity contribution in [1.82, 2.24) is 0 Å². The van der Waals surface area contributed by atoms with Gasteiger partial charge in [0.1, 0.15) is 0 Å². The van der Waals surface area contributed by atoms with Crippen molar-refractivity contribution in [2.75, 3.05) is 5.32 Å². The highest BCUT2D eigenvalue weighted by Crippen LogP contribution is 2.32. The molecule has 0 radical (unpaired) electrons. The summed E-state index contributed by atoms with van der Waals surface area (Å²) in [5.74, 6) is 5.26. The predicted molar refractivity (Wildman–Crippen MR) is 102 cm³/mol. The van der Waals surface area contributed by atoms with E-state index in [0.717, 1.165) is 17.7 Å². The molecule has 0 aliphatic rings. The summed E-state index contributed by atoms with van der Waals surface area (Å²) in [6, 6.07) is 18.7. The standard InChI is InChI=1S/C22H15F3N2O/c23-22(24,25)17-7-4-8-18(14-17)27-20-13-16(11-12-19(20)21(26)28)10-9-15-5-2-1-3-6-15/h1-8,11-14,27H,(H2,26,28). The summed E-state index contributed by atoms with van der Waals surface area (Å²) < 4.78 is 38.8. The van der Waals surface area contributed by atoms with Crippen molar-refractivity contribution < 1.29 is 18.0 Å². The number of nitrogens with one attached hydrogen (secondary N) is 1. The molecular weight excluding hydrogens is 365 g/mol. The monoisotopic (exact) mass is 380 g/mol. The first kappa shape index (κ1) is 19.1. The summed E-state index contributed by atoms with van der Waals surface area (Å²) in [4.78, 5) is 11.7. The average molecular weight is 380 g/mol. The lowest BCUT2D eigenvalue weighted by molar-refractivity contribution is -0.137. The van der Waals surface area contributed by atoms with Crippen molar-refractivity contribution >= 4 is 17.3 Å². The molecule has 0 fully saturated rings. The van der Waals surface area contributed by atoms with Gasteiger partial charge in [0.05, 0.1) is 16.8 Å². The number of carbonyl (C=O) groups excluding carboxylic acids is 1. The number of alkyl halides is 3. The highest BCUT2D eigenvalue weighted by atomic mass is 19.4. The molecule has 6 heteroatoms. The van der Waals surface area contributed by atoms with E-state index >= 15 is 0 Å². The zero-order valence-electron chi connectivity index (χ0n) is 14.5. The Kier molecular flexibility index (Phi) is 5.37. The van der Waals surface area contributed by atoms with Gasteiger partial charge in [-0.15, -0.1) is 0 Å². The van der Waals surface area contributed by atoms with E-state index in [2.05, 4.69) is 17.2 Å². The molecule has 0 saturated carbocycles. The first-order valence-corrected chi connectivity index (χ1v) is 8.28. The second-order valence-electron chi connectivity index (χ2n) is 5.94. The van der Waals surface area contributed by atoms with Crippen LogP contribution in [-0.2, 0) is 6.18 Å².